The number of hydrogen-bond donors (Lipinski definition) is 0. The van der Waals surface area contributed by atoms with Gasteiger partial charge in [0, 0.05) is 32.9 Å². The zero-order valence-corrected chi connectivity index (χ0v) is 32.9. The van der Waals surface area contributed by atoms with Gasteiger partial charge in [-0.05, 0) is 122 Å². The number of nitrogens with zero attached hydrogens (tertiary/aromatic N) is 2. The minimum absolute atomic E-state index is 0.134. The summed E-state index contributed by atoms with van der Waals surface area (Å²) in [4.78, 5) is 0. The van der Waals surface area contributed by atoms with Gasteiger partial charge in [0.1, 0.15) is 0 Å². The Hall–Kier alpha value is -6.64. The average molecular weight is 733 g/mol. The molecule has 0 unspecified atom stereocenters. The van der Waals surface area contributed by atoms with Gasteiger partial charge in [0.05, 0.1) is 22.1 Å². The van der Waals surface area contributed by atoms with E-state index in [1.165, 1.54) is 93.8 Å². The molecule has 0 bridgehead atoms. The van der Waals surface area contributed by atoms with Gasteiger partial charge in [-0.2, -0.15) is 0 Å². The highest BCUT2D eigenvalue weighted by Gasteiger charge is 2.43. The van der Waals surface area contributed by atoms with Gasteiger partial charge in [-0.25, -0.2) is 0 Å². The van der Waals surface area contributed by atoms with Crippen LogP contribution in [0, 0.1) is 0 Å². The lowest BCUT2D eigenvalue weighted by atomic mass is 9.80. The second-order valence-electron chi connectivity index (χ2n) is 17.3. The molecule has 0 saturated heterocycles. The number of fused-ring (bicyclic) bond motifs is 7. The van der Waals surface area contributed by atoms with Gasteiger partial charge in [0.15, 0.2) is 0 Å². The van der Waals surface area contributed by atoms with Crippen LogP contribution in [0.25, 0.3) is 88.4 Å². The zero-order valence-electron chi connectivity index (χ0n) is 32.9. The second-order valence-corrected chi connectivity index (χ2v) is 17.3. The maximum absolute atomic E-state index is 2.43. The van der Waals surface area contributed by atoms with Crippen LogP contribution in [-0.4, -0.2) is 9.13 Å². The standard InChI is InChI=1S/C55H44N2/c1-54(2)35-55(3,4)53-43(20-13-21-48(53)54)37-24-28-41(29-25-37)56-49-22-10-8-18-44(49)46-33-39(26-30-51(46)56)40-27-31-52-47(34-40)45-19-9-11-23-50(45)57(52)42-17-12-16-38(32-42)36-14-6-5-7-15-36/h5-34H,35H2,1-4H3. The Kier molecular flexibility index (Phi) is 7.35. The first kappa shape index (κ1) is 33.7. The first-order valence-corrected chi connectivity index (χ1v) is 20.2. The predicted octanol–water partition coefficient (Wildman–Crippen LogP) is 14.8. The third-order valence-corrected chi connectivity index (χ3v) is 12.7. The second kappa shape index (κ2) is 12.4. The van der Waals surface area contributed by atoms with Gasteiger partial charge in [-0.15, -0.1) is 0 Å². The van der Waals surface area contributed by atoms with Crippen LogP contribution in [-0.2, 0) is 10.8 Å². The molecule has 2 heterocycles. The number of aromatic nitrogens is 2. The van der Waals surface area contributed by atoms with E-state index in [0.29, 0.717) is 0 Å². The fraction of sp³-hybridized carbons (Fsp3) is 0.127. The smallest absolute Gasteiger partial charge is 0.0541 e. The molecule has 0 amide bonds. The predicted molar refractivity (Wildman–Crippen MR) is 242 cm³/mol. The number of benzene rings is 8. The number of para-hydroxylation sites is 2. The van der Waals surface area contributed by atoms with Crippen molar-refractivity contribution >= 4 is 43.6 Å². The van der Waals surface area contributed by atoms with E-state index in [4.69, 9.17) is 0 Å². The third-order valence-electron chi connectivity index (χ3n) is 12.7. The molecule has 10 aromatic rings. The van der Waals surface area contributed by atoms with Crippen molar-refractivity contribution < 1.29 is 0 Å². The summed E-state index contributed by atoms with van der Waals surface area (Å²) in [6.07, 6.45) is 1.16. The summed E-state index contributed by atoms with van der Waals surface area (Å²) in [6, 6.07) is 67.3. The van der Waals surface area contributed by atoms with Crippen molar-refractivity contribution in [2.24, 2.45) is 0 Å². The molecule has 0 saturated carbocycles. The summed E-state index contributed by atoms with van der Waals surface area (Å²) >= 11 is 0. The molecule has 1 aliphatic rings. The number of rotatable bonds is 5. The third kappa shape index (κ3) is 5.24. The molecule has 8 aromatic carbocycles. The number of hydrogen-bond acceptors (Lipinski definition) is 0. The first-order valence-electron chi connectivity index (χ1n) is 20.2. The molecule has 57 heavy (non-hydrogen) atoms. The minimum Gasteiger partial charge on any atom is -0.309 e. The van der Waals surface area contributed by atoms with Crippen LogP contribution < -0.4 is 0 Å². The van der Waals surface area contributed by atoms with Gasteiger partial charge >= 0.3 is 0 Å². The molecule has 0 aliphatic heterocycles. The van der Waals surface area contributed by atoms with Crippen LogP contribution in [0.4, 0.5) is 0 Å². The largest absolute Gasteiger partial charge is 0.309 e. The van der Waals surface area contributed by atoms with E-state index in [1.54, 1.807) is 0 Å². The minimum atomic E-state index is 0.134. The van der Waals surface area contributed by atoms with Gasteiger partial charge in [0.25, 0.3) is 0 Å². The summed E-state index contributed by atoms with van der Waals surface area (Å²) < 4.78 is 4.84. The molecule has 0 N–H and O–H groups in total. The normalized spacial score (nSPS) is 14.5. The van der Waals surface area contributed by atoms with E-state index in [-0.39, 0.29) is 10.8 Å². The van der Waals surface area contributed by atoms with E-state index < -0.39 is 0 Å². The van der Waals surface area contributed by atoms with Crippen LogP contribution in [0.5, 0.6) is 0 Å². The molecule has 1 aliphatic carbocycles. The van der Waals surface area contributed by atoms with Crippen LogP contribution in [0.2, 0.25) is 0 Å². The Balaban J connectivity index is 1.01. The van der Waals surface area contributed by atoms with Crippen molar-refractivity contribution in [2.75, 3.05) is 0 Å². The van der Waals surface area contributed by atoms with Crippen molar-refractivity contribution in [3.8, 4) is 44.8 Å². The molecular weight excluding hydrogens is 689 g/mol. The van der Waals surface area contributed by atoms with E-state index >= 15 is 0 Å². The highest BCUT2D eigenvalue weighted by Crippen LogP contribution is 2.52. The summed E-state index contributed by atoms with van der Waals surface area (Å²) in [6.45, 7) is 9.61. The van der Waals surface area contributed by atoms with E-state index in [1.807, 2.05) is 0 Å². The molecule has 0 spiro atoms. The van der Waals surface area contributed by atoms with E-state index in [0.717, 1.165) is 12.1 Å². The zero-order chi connectivity index (χ0) is 38.5. The molecule has 0 radical (unpaired) electrons. The summed E-state index contributed by atoms with van der Waals surface area (Å²) in [5.74, 6) is 0. The Morgan fingerprint density at radius 2 is 0.860 bits per heavy atom. The van der Waals surface area contributed by atoms with Crippen molar-refractivity contribution in [3.05, 3.63) is 193 Å². The fourth-order valence-corrected chi connectivity index (χ4v) is 10.5. The van der Waals surface area contributed by atoms with Gasteiger partial charge in [-0.1, -0.05) is 149 Å². The quantitative estimate of drug-likeness (QED) is 0.167. The van der Waals surface area contributed by atoms with Gasteiger partial charge in [0.2, 0.25) is 0 Å². The summed E-state index contributed by atoms with van der Waals surface area (Å²) in [5.41, 5.74) is 18.0. The monoisotopic (exact) mass is 732 g/mol. The van der Waals surface area contributed by atoms with Crippen molar-refractivity contribution in [2.45, 2.75) is 44.9 Å². The lowest BCUT2D eigenvalue weighted by Crippen LogP contribution is -2.18. The fourth-order valence-electron chi connectivity index (χ4n) is 10.5. The highest BCUT2D eigenvalue weighted by molar-refractivity contribution is 6.12. The molecule has 0 fully saturated rings. The van der Waals surface area contributed by atoms with E-state index in [9.17, 15) is 0 Å². The Morgan fingerprint density at radius 3 is 1.51 bits per heavy atom. The topological polar surface area (TPSA) is 9.86 Å². The Morgan fingerprint density at radius 1 is 0.351 bits per heavy atom. The van der Waals surface area contributed by atoms with Gasteiger partial charge < -0.3 is 9.13 Å². The molecule has 2 aromatic heterocycles. The molecule has 0 atom stereocenters. The van der Waals surface area contributed by atoms with Crippen molar-refractivity contribution in [1.82, 2.24) is 9.13 Å². The van der Waals surface area contributed by atoms with Crippen molar-refractivity contribution in [1.29, 1.82) is 0 Å². The molecule has 2 nitrogen and oxygen atoms in total. The molecule has 11 rings (SSSR count). The average Bonchev–Trinajstić information content (AvgIpc) is 3.82. The Labute approximate surface area is 334 Å². The molecule has 274 valence electrons. The molecule has 2 heteroatoms. The highest BCUT2D eigenvalue weighted by atomic mass is 15.0. The van der Waals surface area contributed by atoms with Crippen molar-refractivity contribution in [3.63, 3.8) is 0 Å². The lowest BCUT2D eigenvalue weighted by molar-refractivity contribution is 0.403. The van der Waals surface area contributed by atoms with Crippen LogP contribution in [0.1, 0.15) is 45.2 Å². The lowest BCUT2D eigenvalue weighted by Gasteiger charge is -2.23. The summed E-state index contributed by atoms with van der Waals surface area (Å²) in [7, 11) is 0. The van der Waals surface area contributed by atoms with E-state index in [2.05, 4.69) is 219 Å². The SMILES string of the molecule is CC1(C)CC(C)(C)c2c(-c3ccc(-n4c5ccccc5c5cc(-c6ccc7c(c6)c6ccccc6n7-c6cccc(-c7ccccc7)c6)ccc54)cc3)cccc21. The van der Waals surface area contributed by atoms with Crippen LogP contribution in [0.3, 0.4) is 0 Å². The maximum atomic E-state index is 2.43. The first-order chi connectivity index (χ1) is 27.7. The van der Waals surface area contributed by atoms with Gasteiger partial charge in [-0.3, -0.25) is 0 Å². The van der Waals surface area contributed by atoms with Crippen LogP contribution >= 0.6 is 0 Å². The Bertz CT molecular complexity index is 3190. The maximum Gasteiger partial charge on any atom is 0.0541 e. The summed E-state index contributed by atoms with van der Waals surface area (Å²) in [5, 5.41) is 5.04. The van der Waals surface area contributed by atoms with Crippen LogP contribution in [0.15, 0.2) is 182 Å². The molecular formula is C55H44N2.